The molecule has 0 aromatic heterocycles. The average molecular weight is 409 g/mol. The third-order valence-electron chi connectivity index (χ3n) is 3.42. The summed E-state index contributed by atoms with van der Waals surface area (Å²) in [5.41, 5.74) is -0.183. The van der Waals surface area contributed by atoms with Gasteiger partial charge in [-0.15, -0.1) is 11.8 Å². The topological polar surface area (TPSA) is 98.5 Å². The number of nitro benzene ring substituents is 1. The van der Waals surface area contributed by atoms with Crippen LogP contribution in [0.15, 0.2) is 53.4 Å². The number of carbonyl (C=O) groups is 2. The number of thioether (sulfide) groups is 1. The molecule has 27 heavy (non-hydrogen) atoms. The zero-order valence-electron chi connectivity index (χ0n) is 14.4. The number of hydrogen-bond donors (Lipinski definition) is 1. The summed E-state index contributed by atoms with van der Waals surface area (Å²) in [6.45, 7) is 1.41. The molecule has 0 fully saturated rings. The smallest absolute Gasteiger partial charge is 0.307 e. The molecule has 1 N–H and O–H groups in total. The number of nitrogens with one attached hydrogen (secondary N) is 1. The van der Waals surface area contributed by atoms with Gasteiger partial charge in [0.25, 0.3) is 11.6 Å². The van der Waals surface area contributed by atoms with Gasteiger partial charge in [0, 0.05) is 21.7 Å². The molecule has 0 saturated carbocycles. The van der Waals surface area contributed by atoms with E-state index in [2.05, 4.69) is 5.32 Å². The lowest BCUT2D eigenvalue weighted by Crippen LogP contribution is -2.30. The van der Waals surface area contributed by atoms with Gasteiger partial charge in [0.2, 0.25) is 0 Å². The molecule has 1 amide bonds. The fourth-order valence-corrected chi connectivity index (χ4v) is 3.02. The van der Waals surface area contributed by atoms with Crippen molar-refractivity contribution in [1.82, 2.24) is 0 Å². The number of anilines is 1. The van der Waals surface area contributed by atoms with Gasteiger partial charge in [0.05, 0.1) is 11.3 Å². The summed E-state index contributed by atoms with van der Waals surface area (Å²) in [5, 5.41) is 14.0. The van der Waals surface area contributed by atoms with E-state index in [1.165, 1.54) is 36.9 Å². The van der Waals surface area contributed by atoms with Gasteiger partial charge in [-0.25, -0.2) is 0 Å². The predicted octanol–water partition coefficient (Wildman–Crippen LogP) is 4.30. The van der Waals surface area contributed by atoms with Crippen LogP contribution in [0.25, 0.3) is 0 Å². The Hall–Kier alpha value is -2.58. The molecule has 2 aromatic carbocycles. The number of rotatable bonds is 8. The lowest BCUT2D eigenvalue weighted by molar-refractivity contribution is -0.383. The standard InChI is InChI=1S/C18H17ClN2O5S/c1-12(18(23)20-15-4-2-3-5-16(15)21(24)25)26-17(22)10-11-27-14-8-6-13(19)7-9-14/h2-9,12H,10-11H2,1H3,(H,20,23)/t12-/m0/s1. The number of para-hydroxylation sites is 2. The molecule has 0 saturated heterocycles. The number of halogens is 1. The monoisotopic (exact) mass is 408 g/mol. The van der Waals surface area contributed by atoms with Crippen molar-refractivity contribution in [2.75, 3.05) is 11.1 Å². The van der Waals surface area contributed by atoms with Crippen LogP contribution in [0.1, 0.15) is 13.3 Å². The highest BCUT2D eigenvalue weighted by Gasteiger charge is 2.21. The molecule has 9 heteroatoms. The molecular formula is C18H17ClN2O5S. The first kappa shape index (κ1) is 20.7. The Kier molecular flexibility index (Phi) is 7.63. The van der Waals surface area contributed by atoms with E-state index in [1.807, 2.05) is 12.1 Å². The molecule has 0 aliphatic carbocycles. The molecule has 142 valence electrons. The Balaban J connectivity index is 1.80. The Bertz CT molecular complexity index is 829. The molecule has 2 rings (SSSR count). The maximum atomic E-state index is 12.1. The second-order valence-electron chi connectivity index (χ2n) is 5.45. The molecule has 0 aliphatic heterocycles. The highest BCUT2D eigenvalue weighted by Crippen LogP contribution is 2.24. The molecule has 2 aromatic rings. The van der Waals surface area contributed by atoms with Crippen LogP contribution in [0.2, 0.25) is 5.02 Å². The van der Waals surface area contributed by atoms with Crippen LogP contribution >= 0.6 is 23.4 Å². The van der Waals surface area contributed by atoms with Crippen LogP contribution in [0.4, 0.5) is 11.4 Å². The molecule has 1 atom stereocenters. The predicted molar refractivity (Wildman–Crippen MR) is 104 cm³/mol. The normalized spacial score (nSPS) is 11.5. The molecule has 0 spiro atoms. The number of nitro groups is 1. The number of esters is 1. The van der Waals surface area contributed by atoms with Gasteiger partial charge < -0.3 is 10.1 Å². The number of nitrogens with zero attached hydrogens (tertiary/aromatic N) is 1. The van der Waals surface area contributed by atoms with Crippen molar-refractivity contribution in [2.45, 2.75) is 24.3 Å². The zero-order chi connectivity index (χ0) is 19.8. The van der Waals surface area contributed by atoms with Gasteiger partial charge in [-0.3, -0.25) is 19.7 Å². The van der Waals surface area contributed by atoms with Gasteiger partial charge in [-0.1, -0.05) is 23.7 Å². The molecular weight excluding hydrogens is 392 g/mol. The van der Waals surface area contributed by atoms with Crippen molar-refractivity contribution in [1.29, 1.82) is 0 Å². The Labute approximate surface area is 165 Å². The van der Waals surface area contributed by atoms with Crippen LogP contribution in [-0.4, -0.2) is 28.7 Å². The summed E-state index contributed by atoms with van der Waals surface area (Å²) in [5.74, 6) is -0.677. The highest BCUT2D eigenvalue weighted by atomic mass is 35.5. The third-order valence-corrected chi connectivity index (χ3v) is 4.69. The van der Waals surface area contributed by atoms with E-state index in [1.54, 1.807) is 18.2 Å². The Morgan fingerprint density at radius 1 is 1.22 bits per heavy atom. The minimum Gasteiger partial charge on any atom is -0.453 e. The summed E-state index contributed by atoms with van der Waals surface area (Å²) in [6, 6.07) is 13.0. The van der Waals surface area contributed by atoms with Crippen LogP contribution in [0.5, 0.6) is 0 Å². The molecule has 0 radical (unpaired) electrons. The van der Waals surface area contributed by atoms with E-state index in [0.717, 1.165) is 4.90 Å². The van der Waals surface area contributed by atoms with E-state index in [-0.39, 0.29) is 17.8 Å². The fraction of sp³-hybridized carbons (Fsp3) is 0.222. The maximum absolute atomic E-state index is 12.1. The van der Waals surface area contributed by atoms with Crippen LogP contribution < -0.4 is 5.32 Å². The summed E-state index contributed by atoms with van der Waals surface area (Å²) in [6.07, 6.45) is -0.950. The zero-order valence-corrected chi connectivity index (χ0v) is 16.0. The van der Waals surface area contributed by atoms with E-state index >= 15 is 0 Å². The summed E-state index contributed by atoms with van der Waals surface area (Å²) in [7, 11) is 0. The van der Waals surface area contributed by atoms with Crippen molar-refractivity contribution in [3.8, 4) is 0 Å². The largest absolute Gasteiger partial charge is 0.453 e. The summed E-state index contributed by atoms with van der Waals surface area (Å²) >= 11 is 7.28. The van der Waals surface area contributed by atoms with Crippen LogP contribution in [0, 0.1) is 10.1 Å². The Morgan fingerprint density at radius 3 is 2.56 bits per heavy atom. The van der Waals surface area contributed by atoms with Gasteiger partial charge in [0.15, 0.2) is 6.10 Å². The molecule has 0 heterocycles. The van der Waals surface area contributed by atoms with Crippen molar-refractivity contribution in [3.05, 3.63) is 63.7 Å². The minimum atomic E-state index is -1.07. The van der Waals surface area contributed by atoms with E-state index in [4.69, 9.17) is 16.3 Å². The number of benzene rings is 2. The van der Waals surface area contributed by atoms with Crippen LogP contribution in [0.3, 0.4) is 0 Å². The van der Waals surface area contributed by atoms with Gasteiger partial charge >= 0.3 is 5.97 Å². The van der Waals surface area contributed by atoms with E-state index in [9.17, 15) is 19.7 Å². The first-order chi connectivity index (χ1) is 12.9. The average Bonchev–Trinajstić information content (AvgIpc) is 2.63. The van der Waals surface area contributed by atoms with Crippen molar-refractivity contribution in [3.63, 3.8) is 0 Å². The summed E-state index contributed by atoms with van der Waals surface area (Å²) in [4.78, 5) is 35.3. The van der Waals surface area contributed by atoms with Crippen LogP contribution in [-0.2, 0) is 14.3 Å². The molecule has 7 nitrogen and oxygen atoms in total. The van der Waals surface area contributed by atoms with E-state index in [0.29, 0.717) is 10.8 Å². The Morgan fingerprint density at radius 2 is 1.89 bits per heavy atom. The highest BCUT2D eigenvalue weighted by molar-refractivity contribution is 7.99. The minimum absolute atomic E-state index is 0.0497. The number of carbonyl (C=O) groups excluding carboxylic acids is 2. The van der Waals surface area contributed by atoms with Crippen molar-refractivity contribution < 1.29 is 19.2 Å². The third kappa shape index (κ3) is 6.58. The van der Waals surface area contributed by atoms with Gasteiger partial charge in [-0.2, -0.15) is 0 Å². The van der Waals surface area contributed by atoms with Crippen molar-refractivity contribution >= 4 is 46.6 Å². The number of ether oxygens (including phenoxy) is 1. The lowest BCUT2D eigenvalue weighted by atomic mass is 10.2. The first-order valence-electron chi connectivity index (χ1n) is 7.99. The lowest BCUT2D eigenvalue weighted by Gasteiger charge is -2.13. The second kappa shape index (κ2) is 9.94. The van der Waals surface area contributed by atoms with Crippen molar-refractivity contribution in [2.24, 2.45) is 0 Å². The number of amides is 1. The molecule has 0 unspecified atom stereocenters. The molecule has 0 aliphatic rings. The molecule has 0 bridgehead atoms. The number of hydrogen-bond acceptors (Lipinski definition) is 6. The maximum Gasteiger partial charge on any atom is 0.307 e. The first-order valence-corrected chi connectivity index (χ1v) is 9.35. The van der Waals surface area contributed by atoms with Gasteiger partial charge in [0.1, 0.15) is 5.69 Å². The van der Waals surface area contributed by atoms with E-state index < -0.39 is 22.9 Å². The second-order valence-corrected chi connectivity index (χ2v) is 7.05. The fourth-order valence-electron chi connectivity index (χ4n) is 2.07. The quantitative estimate of drug-likeness (QED) is 0.302. The SMILES string of the molecule is C[C@H](OC(=O)CCSc1ccc(Cl)cc1)C(=O)Nc1ccccc1[N+](=O)[O-]. The summed E-state index contributed by atoms with van der Waals surface area (Å²) < 4.78 is 5.09. The van der Waals surface area contributed by atoms with Gasteiger partial charge in [-0.05, 0) is 37.3 Å².